The fourth-order valence-electron chi connectivity index (χ4n) is 3.36. The number of rotatable bonds is 9. The molecule has 0 radical (unpaired) electrons. The molecule has 0 saturated heterocycles. The van der Waals surface area contributed by atoms with Gasteiger partial charge < -0.3 is 10.1 Å². The fourth-order valence-corrected chi connectivity index (χ4v) is 4.83. The molecule has 0 aliphatic heterocycles. The first-order valence-corrected chi connectivity index (χ1v) is 12.4. The maximum Gasteiger partial charge on any atom is 0.265 e. The molecule has 0 saturated carbocycles. The van der Waals surface area contributed by atoms with Gasteiger partial charge in [-0.05, 0) is 73.9 Å². The lowest BCUT2D eigenvalue weighted by Gasteiger charge is -2.23. The Balaban J connectivity index is 1.66. The highest BCUT2D eigenvalue weighted by Crippen LogP contribution is 2.24. The first-order valence-electron chi connectivity index (χ1n) is 11.0. The number of nitrogens with zero attached hydrogens (tertiary/aromatic N) is 1. The molecule has 1 atom stereocenters. The number of hydrogen-bond acceptors (Lipinski definition) is 4. The van der Waals surface area contributed by atoms with Crippen molar-refractivity contribution in [2.24, 2.45) is 0 Å². The van der Waals surface area contributed by atoms with Gasteiger partial charge in [-0.3, -0.25) is 9.10 Å². The van der Waals surface area contributed by atoms with E-state index in [9.17, 15) is 13.2 Å². The van der Waals surface area contributed by atoms with Crippen LogP contribution in [0.3, 0.4) is 0 Å². The average molecular weight is 467 g/mol. The van der Waals surface area contributed by atoms with Crippen LogP contribution in [0.5, 0.6) is 5.75 Å². The van der Waals surface area contributed by atoms with Crippen molar-refractivity contribution in [3.8, 4) is 5.75 Å². The summed E-state index contributed by atoms with van der Waals surface area (Å²) in [5, 5.41) is 2.77. The van der Waals surface area contributed by atoms with Gasteiger partial charge in [-0.1, -0.05) is 44.2 Å². The fraction of sp³-hybridized carbons (Fsp3) is 0.269. The van der Waals surface area contributed by atoms with Gasteiger partial charge in [-0.2, -0.15) is 0 Å². The number of carbonyl (C=O) groups is 1. The van der Waals surface area contributed by atoms with Crippen molar-refractivity contribution in [1.82, 2.24) is 0 Å². The maximum atomic E-state index is 13.1. The summed E-state index contributed by atoms with van der Waals surface area (Å²) >= 11 is 0. The van der Waals surface area contributed by atoms with E-state index in [0.29, 0.717) is 29.6 Å². The molecule has 1 unspecified atom stereocenters. The summed E-state index contributed by atoms with van der Waals surface area (Å²) < 4.78 is 33.3. The highest BCUT2D eigenvalue weighted by molar-refractivity contribution is 7.92. The molecule has 0 fully saturated rings. The van der Waals surface area contributed by atoms with Gasteiger partial charge in [0.05, 0.1) is 10.6 Å². The van der Waals surface area contributed by atoms with Crippen molar-refractivity contribution in [3.63, 3.8) is 0 Å². The van der Waals surface area contributed by atoms with Crippen LogP contribution in [0, 0.1) is 0 Å². The van der Waals surface area contributed by atoms with Crippen LogP contribution in [-0.4, -0.2) is 27.0 Å². The molecule has 3 aromatic carbocycles. The second-order valence-corrected chi connectivity index (χ2v) is 9.87. The summed E-state index contributed by atoms with van der Waals surface area (Å²) in [6.07, 6.45) is -0.716. The Morgan fingerprint density at radius 2 is 1.52 bits per heavy atom. The second kappa shape index (κ2) is 10.5. The van der Waals surface area contributed by atoms with Crippen molar-refractivity contribution in [2.75, 3.05) is 16.2 Å². The van der Waals surface area contributed by atoms with E-state index < -0.39 is 16.1 Å². The monoisotopic (exact) mass is 466 g/mol. The predicted octanol–water partition coefficient (Wildman–Crippen LogP) is 5.43. The van der Waals surface area contributed by atoms with Gasteiger partial charge in [-0.15, -0.1) is 0 Å². The third-order valence-corrected chi connectivity index (χ3v) is 7.19. The van der Waals surface area contributed by atoms with Crippen molar-refractivity contribution >= 4 is 27.3 Å². The Bertz CT molecular complexity index is 1160. The van der Waals surface area contributed by atoms with Crippen LogP contribution >= 0.6 is 0 Å². The largest absolute Gasteiger partial charge is 0.481 e. The molecule has 0 aromatic heterocycles. The molecular formula is C26H30N2O4S. The highest BCUT2D eigenvalue weighted by Gasteiger charge is 2.23. The third-order valence-electron chi connectivity index (χ3n) is 5.27. The summed E-state index contributed by atoms with van der Waals surface area (Å²) in [4.78, 5) is 12.7. The zero-order valence-corrected chi connectivity index (χ0v) is 20.2. The summed E-state index contributed by atoms with van der Waals surface area (Å²) in [7, 11) is -3.72. The standard InChI is InChI=1S/C26H30N2O4S/c1-5-28(23-9-7-6-8-10-23)33(30,31)25-17-13-22(14-18-25)27-26(29)20(4)32-24-15-11-21(12-16-24)19(2)3/h6-20H,5H2,1-4H3,(H,27,29). The number of benzene rings is 3. The SMILES string of the molecule is CCN(c1ccccc1)S(=O)(=O)c1ccc(NC(=O)C(C)Oc2ccc(C(C)C)cc2)cc1. The molecule has 0 aliphatic rings. The maximum absolute atomic E-state index is 13.1. The van der Waals surface area contributed by atoms with Gasteiger partial charge in [0.15, 0.2) is 6.10 Å². The lowest BCUT2D eigenvalue weighted by molar-refractivity contribution is -0.122. The van der Waals surface area contributed by atoms with E-state index in [1.54, 1.807) is 50.2 Å². The van der Waals surface area contributed by atoms with Crippen molar-refractivity contribution in [2.45, 2.75) is 44.6 Å². The second-order valence-electron chi connectivity index (χ2n) is 8.00. The molecule has 1 N–H and O–H groups in total. The summed E-state index contributed by atoms with van der Waals surface area (Å²) in [6.45, 7) is 7.99. The van der Waals surface area contributed by atoms with E-state index in [2.05, 4.69) is 19.2 Å². The lowest BCUT2D eigenvalue weighted by Crippen LogP contribution is -2.31. The van der Waals surface area contributed by atoms with Crippen LogP contribution in [0.25, 0.3) is 0 Å². The molecule has 0 spiro atoms. The highest BCUT2D eigenvalue weighted by atomic mass is 32.2. The number of carbonyl (C=O) groups excluding carboxylic acids is 1. The van der Waals surface area contributed by atoms with Crippen LogP contribution in [0.15, 0.2) is 83.8 Å². The molecular weight excluding hydrogens is 436 g/mol. The van der Waals surface area contributed by atoms with Gasteiger partial charge in [-0.25, -0.2) is 8.42 Å². The van der Waals surface area contributed by atoms with Crippen LogP contribution in [-0.2, 0) is 14.8 Å². The van der Waals surface area contributed by atoms with E-state index >= 15 is 0 Å². The smallest absolute Gasteiger partial charge is 0.265 e. The van der Waals surface area contributed by atoms with Crippen LogP contribution in [0.4, 0.5) is 11.4 Å². The Hall–Kier alpha value is -3.32. The minimum Gasteiger partial charge on any atom is -0.481 e. The van der Waals surface area contributed by atoms with E-state index in [1.165, 1.54) is 22.0 Å². The Labute approximate surface area is 196 Å². The zero-order valence-electron chi connectivity index (χ0n) is 19.4. The predicted molar refractivity (Wildman–Crippen MR) is 132 cm³/mol. The van der Waals surface area contributed by atoms with Gasteiger partial charge in [0.1, 0.15) is 5.75 Å². The molecule has 6 nitrogen and oxygen atoms in total. The number of amides is 1. The normalized spacial score (nSPS) is 12.3. The van der Waals surface area contributed by atoms with Crippen LogP contribution in [0.2, 0.25) is 0 Å². The first-order chi connectivity index (χ1) is 15.7. The van der Waals surface area contributed by atoms with E-state index in [4.69, 9.17) is 4.74 Å². The third kappa shape index (κ3) is 5.93. The minimum absolute atomic E-state index is 0.153. The van der Waals surface area contributed by atoms with Crippen molar-refractivity contribution in [1.29, 1.82) is 0 Å². The molecule has 3 aromatic rings. The molecule has 3 rings (SSSR count). The number of anilines is 2. The number of nitrogens with one attached hydrogen (secondary N) is 1. The van der Waals surface area contributed by atoms with Crippen molar-refractivity contribution < 1.29 is 17.9 Å². The topological polar surface area (TPSA) is 75.7 Å². The van der Waals surface area contributed by atoms with Gasteiger partial charge >= 0.3 is 0 Å². The summed E-state index contributed by atoms with van der Waals surface area (Å²) in [5.74, 6) is 0.714. The molecule has 1 amide bonds. The molecule has 33 heavy (non-hydrogen) atoms. The summed E-state index contributed by atoms with van der Waals surface area (Å²) in [6, 6.07) is 22.8. The quantitative estimate of drug-likeness (QED) is 0.456. The number of para-hydroxylation sites is 1. The zero-order chi connectivity index (χ0) is 24.0. The molecule has 174 valence electrons. The lowest BCUT2D eigenvalue weighted by atomic mass is 10.0. The van der Waals surface area contributed by atoms with Crippen LogP contribution in [0.1, 0.15) is 39.2 Å². The Morgan fingerprint density at radius 1 is 0.909 bits per heavy atom. The van der Waals surface area contributed by atoms with Gasteiger partial charge in [0.2, 0.25) is 0 Å². The molecule has 0 aliphatic carbocycles. The van der Waals surface area contributed by atoms with E-state index in [0.717, 1.165) is 0 Å². The number of hydrogen-bond donors (Lipinski definition) is 1. The van der Waals surface area contributed by atoms with Gasteiger partial charge in [0, 0.05) is 12.2 Å². The Kier molecular flexibility index (Phi) is 7.76. The van der Waals surface area contributed by atoms with Gasteiger partial charge in [0.25, 0.3) is 15.9 Å². The average Bonchev–Trinajstić information content (AvgIpc) is 2.80. The Morgan fingerprint density at radius 3 is 2.06 bits per heavy atom. The molecule has 0 bridgehead atoms. The molecule has 7 heteroatoms. The van der Waals surface area contributed by atoms with Crippen LogP contribution < -0.4 is 14.4 Å². The minimum atomic E-state index is -3.72. The van der Waals surface area contributed by atoms with E-state index in [-0.39, 0.29) is 10.8 Å². The summed E-state index contributed by atoms with van der Waals surface area (Å²) in [5.41, 5.74) is 2.29. The first kappa shape index (κ1) is 24.3. The molecule has 0 heterocycles. The number of sulfonamides is 1. The van der Waals surface area contributed by atoms with Crippen molar-refractivity contribution in [3.05, 3.63) is 84.4 Å². The van der Waals surface area contributed by atoms with E-state index in [1.807, 2.05) is 30.3 Å². The number of ether oxygens (including phenoxy) is 1.